The molecule has 2 rings (SSSR count). The van der Waals surface area contributed by atoms with Crippen LogP contribution in [0.25, 0.3) is 0 Å². The SMILES string of the molecule is C=CCN(CC=C)C(c1ccc(Cl)cc1)c1nnnn1CCNC(=O)C=C. The molecular weight excluding hydrogens is 364 g/mol. The molecule has 7 nitrogen and oxygen atoms in total. The average molecular weight is 387 g/mol. The molecule has 0 radical (unpaired) electrons. The van der Waals surface area contributed by atoms with Crippen molar-refractivity contribution in [2.45, 2.75) is 12.6 Å². The highest BCUT2D eigenvalue weighted by molar-refractivity contribution is 6.30. The summed E-state index contributed by atoms with van der Waals surface area (Å²) in [6, 6.07) is 7.35. The van der Waals surface area contributed by atoms with Crippen LogP contribution in [0.1, 0.15) is 17.4 Å². The van der Waals surface area contributed by atoms with Crippen LogP contribution in [0.5, 0.6) is 0 Å². The van der Waals surface area contributed by atoms with Crippen LogP contribution in [0.4, 0.5) is 0 Å². The van der Waals surface area contributed by atoms with Crippen LogP contribution in [-0.4, -0.2) is 50.6 Å². The van der Waals surface area contributed by atoms with Crippen molar-refractivity contribution in [3.8, 4) is 0 Å². The number of hydrogen-bond acceptors (Lipinski definition) is 5. The predicted octanol–water partition coefficient (Wildman–Crippen LogP) is 2.39. The van der Waals surface area contributed by atoms with E-state index < -0.39 is 0 Å². The second-order valence-electron chi connectivity index (χ2n) is 5.74. The number of tetrazole rings is 1. The summed E-state index contributed by atoms with van der Waals surface area (Å²) < 4.78 is 1.68. The molecule has 1 aromatic heterocycles. The van der Waals surface area contributed by atoms with Crippen LogP contribution in [0, 0.1) is 0 Å². The van der Waals surface area contributed by atoms with E-state index >= 15 is 0 Å². The molecule has 0 spiro atoms. The van der Waals surface area contributed by atoms with Crippen molar-refractivity contribution >= 4 is 17.5 Å². The number of amides is 1. The third kappa shape index (κ3) is 5.60. The average Bonchev–Trinajstić information content (AvgIpc) is 3.12. The second kappa shape index (κ2) is 10.4. The molecule has 1 N–H and O–H groups in total. The van der Waals surface area contributed by atoms with E-state index in [-0.39, 0.29) is 11.9 Å². The van der Waals surface area contributed by atoms with Gasteiger partial charge in [-0.1, -0.05) is 42.5 Å². The van der Waals surface area contributed by atoms with E-state index in [1.165, 1.54) is 6.08 Å². The van der Waals surface area contributed by atoms with Crippen molar-refractivity contribution in [1.82, 2.24) is 30.4 Å². The highest BCUT2D eigenvalue weighted by Crippen LogP contribution is 2.28. The molecule has 8 heteroatoms. The Morgan fingerprint density at radius 3 is 2.48 bits per heavy atom. The molecule has 27 heavy (non-hydrogen) atoms. The van der Waals surface area contributed by atoms with Crippen molar-refractivity contribution in [2.24, 2.45) is 0 Å². The van der Waals surface area contributed by atoms with Gasteiger partial charge in [0.1, 0.15) is 0 Å². The molecule has 0 aliphatic rings. The van der Waals surface area contributed by atoms with E-state index in [1.54, 1.807) is 4.68 Å². The Hall–Kier alpha value is -2.77. The lowest BCUT2D eigenvalue weighted by Crippen LogP contribution is -2.33. The zero-order valence-electron chi connectivity index (χ0n) is 15.1. The number of aromatic nitrogens is 4. The zero-order chi connectivity index (χ0) is 19.6. The monoisotopic (exact) mass is 386 g/mol. The summed E-state index contributed by atoms with van der Waals surface area (Å²) >= 11 is 6.05. The first kappa shape index (κ1) is 20.5. The van der Waals surface area contributed by atoms with Crippen LogP contribution in [-0.2, 0) is 11.3 Å². The van der Waals surface area contributed by atoms with Gasteiger partial charge in [0.2, 0.25) is 5.91 Å². The first-order chi connectivity index (χ1) is 13.1. The maximum absolute atomic E-state index is 11.4. The molecule has 0 aliphatic heterocycles. The van der Waals surface area contributed by atoms with Gasteiger partial charge in [-0.3, -0.25) is 9.69 Å². The summed E-state index contributed by atoms with van der Waals surface area (Å²) in [7, 11) is 0. The molecule has 1 amide bonds. The van der Waals surface area contributed by atoms with Crippen molar-refractivity contribution in [2.75, 3.05) is 19.6 Å². The number of carbonyl (C=O) groups excluding carboxylic acids is 1. The number of halogens is 1. The van der Waals surface area contributed by atoms with Gasteiger partial charge in [-0.2, -0.15) is 0 Å². The Morgan fingerprint density at radius 1 is 1.22 bits per heavy atom. The first-order valence-corrected chi connectivity index (χ1v) is 8.86. The van der Waals surface area contributed by atoms with Crippen molar-refractivity contribution < 1.29 is 4.79 Å². The summed E-state index contributed by atoms with van der Waals surface area (Å²) in [6.07, 6.45) is 4.88. The number of carbonyl (C=O) groups is 1. The smallest absolute Gasteiger partial charge is 0.243 e. The standard InChI is InChI=1S/C19H23ClN6O/c1-4-12-25(13-5-2)18(15-7-9-16(20)10-8-15)19-22-23-24-26(19)14-11-21-17(27)6-3/h4-10,18H,1-3,11-14H2,(H,21,27). The Labute approximate surface area is 164 Å². The van der Waals surface area contributed by atoms with E-state index in [4.69, 9.17) is 11.6 Å². The highest BCUT2D eigenvalue weighted by atomic mass is 35.5. The Bertz CT molecular complexity index is 776. The van der Waals surface area contributed by atoms with E-state index in [9.17, 15) is 4.79 Å². The Morgan fingerprint density at radius 2 is 1.89 bits per heavy atom. The van der Waals surface area contributed by atoms with Gasteiger partial charge < -0.3 is 5.32 Å². The van der Waals surface area contributed by atoms with Crippen molar-refractivity contribution in [1.29, 1.82) is 0 Å². The molecule has 1 heterocycles. The lowest BCUT2D eigenvalue weighted by Gasteiger charge is -2.29. The first-order valence-electron chi connectivity index (χ1n) is 8.48. The fourth-order valence-corrected chi connectivity index (χ4v) is 2.84. The third-order valence-electron chi connectivity index (χ3n) is 3.89. The highest BCUT2D eigenvalue weighted by Gasteiger charge is 2.26. The van der Waals surface area contributed by atoms with E-state index in [2.05, 4.69) is 45.5 Å². The summed E-state index contributed by atoms with van der Waals surface area (Å²) in [6.45, 7) is 13.2. The molecule has 1 unspecified atom stereocenters. The number of rotatable bonds is 11. The van der Waals surface area contributed by atoms with Gasteiger partial charge in [-0.15, -0.1) is 18.3 Å². The van der Waals surface area contributed by atoms with Gasteiger partial charge >= 0.3 is 0 Å². The molecule has 0 saturated heterocycles. The maximum Gasteiger partial charge on any atom is 0.243 e. The number of hydrogen-bond donors (Lipinski definition) is 1. The van der Waals surface area contributed by atoms with E-state index in [1.807, 2.05) is 36.4 Å². The molecule has 0 fully saturated rings. The van der Waals surface area contributed by atoms with Crippen molar-refractivity contribution in [3.05, 3.63) is 78.6 Å². The van der Waals surface area contributed by atoms with Crippen LogP contribution in [0.2, 0.25) is 5.02 Å². The summed E-state index contributed by atoms with van der Waals surface area (Å²) in [5, 5.41) is 15.5. The molecule has 0 aliphatic carbocycles. The largest absolute Gasteiger partial charge is 0.351 e. The molecule has 0 saturated carbocycles. The molecule has 0 bridgehead atoms. The third-order valence-corrected chi connectivity index (χ3v) is 4.14. The Kier molecular flexibility index (Phi) is 7.91. The van der Waals surface area contributed by atoms with Gasteiger partial charge in [0, 0.05) is 24.7 Å². The number of nitrogens with zero attached hydrogens (tertiary/aromatic N) is 5. The fourth-order valence-electron chi connectivity index (χ4n) is 2.71. The maximum atomic E-state index is 11.4. The minimum Gasteiger partial charge on any atom is -0.351 e. The predicted molar refractivity (Wildman–Crippen MR) is 106 cm³/mol. The normalized spacial score (nSPS) is 11.8. The van der Waals surface area contributed by atoms with E-state index in [0.29, 0.717) is 37.0 Å². The van der Waals surface area contributed by atoms with Crippen LogP contribution >= 0.6 is 11.6 Å². The molecule has 142 valence electrons. The zero-order valence-corrected chi connectivity index (χ0v) is 15.8. The van der Waals surface area contributed by atoms with Gasteiger partial charge in [0.25, 0.3) is 0 Å². The minimum absolute atomic E-state index is 0.219. The van der Waals surface area contributed by atoms with Crippen molar-refractivity contribution in [3.63, 3.8) is 0 Å². The van der Waals surface area contributed by atoms with Gasteiger partial charge in [-0.05, 0) is 34.2 Å². The van der Waals surface area contributed by atoms with Gasteiger partial charge in [0.15, 0.2) is 5.82 Å². The fraction of sp³-hybridized carbons (Fsp3) is 0.263. The molecule has 2 aromatic rings. The minimum atomic E-state index is -0.237. The molecule has 1 aromatic carbocycles. The summed E-state index contributed by atoms with van der Waals surface area (Å²) in [5.41, 5.74) is 0.995. The summed E-state index contributed by atoms with van der Waals surface area (Å²) in [5.74, 6) is 0.424. The number of nitrogens with one attached hydrogen (secondary N) is 1. The van der Waals surface area contributed by atoms with E-state index in [0.717, 1.165) is 5.56 Å². The topological polar surface area (TPSA) is 75.9 Å². The quantitative estimate of drug-likeness (QED) is 0.474. The van der Waals surface area contributed by atoms with Crippen LogP contribution < -0.4 is 5.32 Å². The molecular formula is C19H23ClN6O. The molecule has 1 atom stereocenters. The van der Waals surface area contributed by atoms with Gasteiger partial charge in [-0.25, -0.2) is 4.68 Å². The van der Waals surface area contributed by atoms with Crippen LogP contribution in [0.3, 0.4) is 0 Å². The summed E-state index contributed by atoms with van der Waals surface area (Å²) in [4.78, 5) is 13.5. The lowest BCUT2D eigenvalue weighted by molar-refractivity contribution is -0.116. The van der Waals surface area contributed by atoms with Crippen LogP contribution in [0.15, 0.2) is 62.2 Å². The Balaban J connectivity index is 2.35. The van der Waals surface area contributed by atoms with Gasteiger partial charge in [0.05, 0.1) is 12.6 Å². The number of benzene rings is 1. The lowest BCUT2D eigenvalue weighted by atomic mass is 10.0. The second-order valence-corrected chi connectivity index (χ2v) is 6.18.